The summed E-state index contributed by atoms with van der Waals surface area (Å²) in [5, 5.41) is 4.10. The van der Waals surface area contributed by atoms with Gasteiger partial charge in [-0.2, -0.15) is 5.10 Å². The van der Waals surface area contributed by atoms with Crippen molar-refractivity contribution >= 4 is 17.4 Å². The van der Waals surface area contributed by atoms with Crippen molar-refractivity contribution in [3.8, 4) is 11.3 Å². The fourth-order valence-corrected chi connectivity index (χ4v) is 2.09. The van der Waals surface area contributed by atoms with E-state index in [1.165, 1.54) is 6.20 Å². The number of imidazole rings is 1. The minimum absolute atomic E-state index is 0.127. The molecule has 21 heavy (non-hydrogen) atoms. The fraction of sp³-hybridized carbons (Fsp3) is 0.0769. The highest BCUT2D eigenvalue weighted by Crippen LogP contribution is 2.26. The van der Waals surface area contributed by atoms with E-state index in [0.29, 0.717) is 16.9 Å². The second kappa shape index (κ2) is 4.75. The summed E-state index contributed by atoms with van der Waals surface area (Å²) in [7, 11) is 1.78. The van der Waals surface area contributed by atoms with Crippen molar-refractivity contribution in [3.63, 3.8) is 0 Å². The van der Waals surface area contributed by atoms with Gasteiger partial charge < -0.3 is 10.5 Å². The molecule has 0 amide bonds. The van der Waals surface area contributed by atoms with Gasteiger partial charge in [-0.05, 0) is 0 Å². The van der Waals surface area contributed by atoms with Gasteiger partial charge in [0.25, 0.3) is 0 Å². The topological polar surface area (TPSA) is 100 Å². The summed E-state index contributed by atoms with van der Waals surface area (Å²) < 4.78 is 8.13. The van der Waals surface area contributed by atoms with Crippen LogP contribution in [0.2, 0.25) is 0 Å². The van der Waals surface area contributed by atoms with Crippen LogP contribution in [0.3, 0.4) is 0 Å². The van der Waals surface area contributed by atoms with Crippen molar-refractivity contribution in [2.75, 3.05) is 5.73 Å². The van der Waals surface area contributed by atoms with Crippen LogP contribution >= 0.6 is 0 Å². The number of hydrogen-bond acceptors (Lipinski definition) is 6. The van der Waals surface area contributed by atoms with Crippen LogP contribution < -0.4 is 5.73 Å². The standard InChI is InChI=1S/C13H12N6O2/c1-3-21-13(20)9-10(8-6-16-18(2)7-8)19-5-4-15-11(14)12(19)17-9/h3-7H,1H2,2H3,(H2,14,15). The maximum atomic E-state index is 12.1. The first-order valence-corrected chi connectivity index (χ1v) is 6.05. The SMILES string of the molecule is C=COC(=O)c1nc2c(N)nccn2c1-c1cnn(C)c1. The summed E-state index contributed by atoms with van der Waals surface area (Å²) in [5.41, 5.74) is 7.57. The van der Waals surface area contributed by atoms with E-state index < -0.39 is 5.97 Å². The van der Waals surface area contributed by atoms with Crippen molar-refractivity contribution in [3.05, 3.63) is 43.3 Å². The molecule has 3 heterocycles. The molecular formula is C13H12N6O2. The molecule has 3 aromatic heterocycles. The number of aromatic nitrogens is 5. The van der Waals surface area contributed by atoms with Gasteiger partial charge in [0, 0.05) is 31.2 Å². The molecule has 0 radical (unpaired) electrons. The summed E-state index contributed by atoms with van der Waals surface area (Å²) in [5.74, 6) is -0.396. The lowest BCUT2D eigenvalue weighted by atomic mass is 10.2. The third-order valence-corrected chi connectivity index (χ3v) is 2.93. The number of aryl methyl sites for hydroxylation is 1. The molecule has 0 saturated carbocycles. The third-order valence-electron chi connectivity index (χ3n) is 2.93. The average Bonchev–Trinajstić information content (AvgIpc) is 3.03. The van der Waals surface area contributed by atoms with E-state index in [2.05, 4.69) is 21.6 Å². The van der Waals surface area contributed by atoms with Gasteiger partial charge in [-0.15, -0.1) is 0 Å². The van der Waals surface area contributed by atoms with Crippen LogP contribution in [0.25, 0.3) is 16.9 Å². The lowest BCUT2D eigenvalue weighted by Crippen LogP contribution is -2.03. The molecule has 0 aliphatic rings. The van der Waals surface area contributed by atoms with Gasteiger partial charge in [0.1, 0.15) is 0 Å². The van der Waals surface area contributed by atoms with Crippen LogP contribution in [-0.2, 0) is 11.8 Å². The van der Waals surface area contributed by atoms with Crippen LogP contribution in [0.1, 0.15) is 10.5 Å². The predicted octanol–water partition coefficient (Wildman–Crippen LogP) is 1.01. The Morgan fingerprint density at radius 2 is 2.33 bits per heavy atom. The Kier molecular flexibility index (Phi) is 2.90. The molecule has 2 N–H and O–H groups in total. The lowest BCUT2D eigenvalue weighted by Gasteiger charge is -2.01. The average molecular weight is 284 g/mol. The van der Waals surface area contributed by atoms with Crippen LogP contribution in [0.5, 0.6) is 0 Å². The molecule has 0 aliphatic carbocycles. The van der Waals surface area contributed by atoms with Crippen molar-refractivity contribution in [2.24, 2.45) is 7.05 Å². The molecule has 0 bridgehead atoms. The normalized spacial score (nSPS) is 10.7. The first-order valence-electron chi connectivity index (χ1n) is 6.05. The Labute approximate surface area is 119 Å². The lowest BCUT2D eigenvalue weighted by molar-refractivity contribution is 0.0659. The highest BCUT2D eigenvalue weighted by molar-refractivity contribution is 5.96. The Balaban J connectivity index is 2.33. The zero-order valence-corrected chi connectivity index (χ0v) is 11.2. The Morgan fingerprint density at radius 1 is 1.52 bits per heavy atom. The highest BCUT2D eigenvalue weighted by atomic mass is 16.5. The summed E-state index contributed by atoms with van der Waals surface area (Å²) in [6.45, 7) is 3.37. The fourth-order valence-electron chi connectivity index (χ4n) is 2.09. The second-order valence-electron chi connectivity index (χ2n) is 4.29. The first-order chi connectivity index (χ1) is 10.1. The Hall–Kier alpha value is -3.16. The number of nitrogens with zero attached hydrogens (tertiary/aromatic N) is 5. The van der Waals surface area contributed by atoms with E-state index in [0.717, 1.165) is 6.26 Å². The maximum Gasteiger partial charge on any atom is 0.364 e. The summed E-state index contributed by atoms with van der Waals surface area (Å²) in [4.78, 5) is 20.3. The van der Waals surface area contributed by atoms with Gasteiger partial charge in [0.2, 0.25) is 0 Å². The van der Waals surface area contributed by atoms with Gasteiger partial charge >= 0.3 is 5.97 Å². The quantitative estimate of drug-likeness (QED) is 0.569. The smallest absolute Gasteiger partial charge is 0.364 e. The van der Waals surface area contributed by atoms with E-state index >= 15 is 0 Å². The Morgan fingerprint density at radius 3 is 3.00 bits per heavy atom. The number of hydrogen-bond donors (Lipinski definition) is 1. The number of esters is 1. The monoisotopic (exact) mass is 284 g/mol. The van der Waals surface area contributed by atoms with Crippen LogP contribution in [0.4, 0.5) is 5.82 Å². The molecule has 0 spiro atoms. The van der Waals surface area contributed by atoms with Crippen molar-refractivity contribution in [1.82, 2.24) is 24.1 Å². The van der Waals surface area contributed by atoms with Crippen LogP contribution in [-0.4, -0.2) is 30.1 Å². The Bertz CT molecular complexity index is 848. The highest BCUT2D eigenvalue weighted by Gasteiger charge is 2.23. The number of fused-ring (bicyclic) bond motifs is 1. The largest absolute Gasteiger partial charge is 0.430 e. The van der Waals surface area contributed by atoms with Gasteiger partial charge in [-0.3, -0.25) is 9.08 Å². The van der Waals surface area contributed by atoms with Gasteiger partial charge in [-0.1, -0.05) is 6.58 Å². The van der Waals surface area contributed by atoms with Crippen molar-refractivity contribution in [2.45, 2.75) is 0 Å². The van der Waals surface area contributed by atoms with E-state index in [4.69, 9.17) is 10.5 Å². The zero-order chi connectivity index (χ0) is 15.0. The summed E-state index contributed by atoms with van der Waals surface area (Å²) >= 11 is 0. The molecule has 3 aromatic rings. The number of ether oxygens (including phenoxy) is 1. The van der Waals surface area contributed by atoms with E-state index in [1.807, 2.05) is 0 Å². The number of nitrogens with two attached hydrogens (primary N) is 1. The van der Waals surface area contributed by atoms with E-state index in [9.17, 15) is 4.79 Å². The molecule has 0 aromatic carbocycles. The van der Waals surface area contributed by atoms with Gasteiger partial charge in [-0.25, -0.2) is 14.8 Å². The molecular weight excluding hydrogens is 272 g/mol. The van der Waals surface area contributed by atoms with Gasteiger partial charge in [0.05, 0.1) is 18.2 Å². The van der Waals surface area contributed by atoms with E-state index in [1.54, 1.807) is 34.7 Å². The van der Waals surface area contributed by atoms with Crippen LogP contribution in [0.15, 0.2) is 37.6 Å². The van der Waals surface area contributed by atoms with Crippen molar-refractivity contribution in [1.29, 1.82) is 0 Å². The summed E-state index contributed by atoms with van der Waals surface area (Å²) in [6, 6.07) is 0. The zero-order valence-electron chi connectivity index (χ0n) is 11.2. The molecule has 0 fully saturated rings. The molecule has 0 atom stereocenters. The second-order valence-corrected chi connectivity index (χ2v) is 4.29. The minimum Gasteiger partial charge on any atom is -0.430 e. The molecule has 3 rings (SSSR count). The maximum absolute atomic E-state index is 12.1. The molecule has 106 valence electrons. The van der Waals surface area contributed by atoms with Crippen molar-refractivity contribution < 1.29 is 9.53 Å². The summed E-state index contributed by atoms with van der Waals surface area (Å²) in [6.07, 6.45) is 7.66. The molecule has 0 saturated heterocycles. The minimum atomic E-state index is -0.619. The molecule has 8 nitrogen and oxygen atoms in total. The molecule has 0 aliphatic heterocycles. The number of carbonyl (C=O) groups is 1. The molecule has 8 heteroatoms. The van der Waals surface area contributed by atoms with Crippen LogP contribution in [0, 0.1) is 0 Å². The third kappa shape index (κ3) is 2.02. The number of anilines is 1. The number of carbonyl (C=O) groups excluding carboxylic acids is 1. The number of rotatable bonds is 3. The number of nitrogen functional groups attached to an aromatic ring is 1. The van der Waals surface area contributed by atoms with Gasteiger partial charge in [0.15, 0.2) is 17.2 Å². The first kappa shape index (κ1) is 12.9. The predicted molar refractivity (Wildman–Crippen MR) is 75.2 cm³/mol. The molecule has 0 unspecified atom stereocenters. The van der Waals surface area contributed by atoms with E-state index in [-0.39, 0.29) is 11.5 Å².